The summed E-state index contributed by atoms with van der Waals surface area (Å²) >= 11 is 1.77. The fraction of sp³-hybridized carbons (Fsp3) is 0.609. The Morgan fingerprint density at radius 2 is 2.07 bits per heavy atom. The van der Waals surface area contributed by atoms with Crippen molar-refractivity contribution >= 4 is 17.4 Å². The molecule has 0 unspecified atom stereocenters. The average molecular weight is 430 g/mol. The molecule has 0 radical (unpaired) electrons. The molecule has 162 valence electrons. The van der Waals surface area contributed by atoms with E-state index in [0.717, 1.165) is 30.8 Å². The van der Waals surface area contributed by atoms with Gasteiger partial charge in [0.15, 0.2) is 0 Å². The smallest absolute Gasteiger partial charge is 0.410 e. The minimum Gasteiger partial charge on any atom is -0.444 e. The second-order valence-corrected chi connectivity index (χ2v) is 10.7. The topological polar surface area (TPSA) is 75.3 Å². The maximum absolute atomic E-state index is 13.0. The van der Waals surface area contributed by atoms with Crippen LogP contribution in [0.25, 0.3) is 0 Å². The molecular weight excluding hydrogens is 398 g/mol. The number of rotatable bonds is 3. The second-order valence-electron chi connectivity index (χ2n) is 9.83. The Morgan fingerprint density at radius 1 is 1.33 bits per heavy atom. The van der Waals surface area contributed by atoms with Crippen LogP contribution in [0.2, 0.25) is 0 Å². The van der Waals surface area contributed by atoms with Gasteiger partial charge in [-0.05, 0) is 69.4 Å². The van der Waals surface area contributed by atoms with Crippen LogP contribution in [0.5, 0.6) is 0 Å². The molecule has 2 aliphatic rings. The van der Waals surface area contributed by atoms with E-state index in [4.69, 9.17) is 9.72 Å². The summed E-state index contributed by atoms with van der Waals surface area (Å²) in [5.74, 6) is 1.28. The number of aromatic amines is 1. The highest BCUT2D eigenvalue weighted by molar-refractivity contribution is 7.10. The van der Waals surface area contributed by atoms with Crippen molar-refractivity contribution in [1.82, 2.24) is 14.9 Å². The first kappa shape index (κ1) is 21.1. The number of hydrogen-bond donors (Lipinski definition) is 1. The lowest BCUT2D eigenvalue weighted by Gasteiger charge is -2.26. The summed E-state index contributed by atoms with van der Waals surface area (Å²) in [6.45, 7) is 10.8. The van der Waals surface area contributed by atoms with Crippen LogP contribution in [0.4, 0.5) is 4.79 Å². The van der Waals surface area contributed by atoms with E-state index in [1.54, 1.807) is 16.2 Å². The van der Waals surface area contributed by atoms with Gasteiger partial charge in [0.1, 0.15) is 11.4 Å². The van der Waals surface area contributed by atoms with E-state index in [1.165, 1.54) is 10.4 Å². The average Bonchev–Trinajstić information content (AvgIpc) is 3.35. The minimum atomic E-state index is -0.561. The van der Waals surface area contributed by atoms with E-state index in [0.29, 0.717) is 24.4 Å². The number of fused-ring (bicyclic) bond motifs is 1. The first-order valence-electron chi connectivity index (χ1n) is 10.8. The van der Waals surface area contributed by atoms with Gasteiger partial charge in [-0.25, -0.2) is 9.78 Å². The number of aryl methyl sites for hydroxylation is 1. The number of aromatic nitrogens is 2. The Bertz CT molecular complexity index is 1010. The van der Waals surface area contributed by atoms with Crippen molar-refractivity contribution in [2.45, 2.75) is 83.8 Å². The molecule has 2 aromatic rings. The molecule has 1 aliphatic heterocycles. The summed E-state index contributed by atoms with van der Waals surface area (Å²) < 4.78 is 5.51. The molecule has 1 N–H and O–H groups in total. The van der Waals surface area contributed by atoms with Crippen LogP contribution in [0, 0.1) is 0 Å². The first-order chi connectivity index (χ1) is 14.1. The van der Waals surface area contributed by atoms with Crippen molar-refractivity contribution in [1.29, 1.82) is 0 Å². The number of hydrogen-bond acceptors (Lipinski definition) is 5. The highest BCUT2D eigenvalue weighted by Gasteiger charge is 2.50. The third-order valence-corrected chi connectivity index (χ3v) is 7.06. The number of carbonyl (C=O) groups is 1. The fourth-order valence-corrected chi connectivity index (χ4v) is 5.29. The van der Waals surface area contributed by atoms with Gasteiger partial charge in [-0.3, -0.25) is 4.79 Å². The van der Waals surface area contributed by atoms with Gasteiger partial charge in [0, 0.05) is 11.4 Å². The van der Waals surface area contributed by atoms with Gasteiger partial charge >= 0.3 is 6.09 Å². The van der Waals surface area contributed by atoms with Crippen LogP contribution >= 0.6 is 11.3 Å². The third kappa shape index (κ3) is 4.04. The van der Waals surface area contributed by atoms with Crippen LogP contribution in [0.15, 0.2) is 16.2 Å². The molecule has 1 saturated carbocycles. The van der Waals surface area contributed by atoms with E-state index in [2.05, 4.69) is 30.3 Å². The van der Waals surface area contributed by atoms with Gasteiger partial charge in [0.2, 0.25) is 0 Å². The molecule has 3 heterocycles. The van der Waals surface area contributed by atoms with Gasteiger partial charge in [0.05, 0.1) is 23.2 Å². The van der Waals surface area contributed by atoms with Gasteiger partial charge in [-0.1, -0.05) is 13.8 Å². The molecule has 1 aliphatic carbocycles. The quantitative estimate of drug-likeness (QED) is 0.766. The van der Waals surface area contributed by atoms with Crippen molar-refractivity contribution in [3.63, 3.8) is 0 Å². The third-order valence-electron chi connectivity index (χ3n) is 5.90. The van der Waals surface area contributed by atoms with E-state index in [-0.39, 0.29) is 23.6 Å². The summed E-state index contributed by atoms with van der Waals surface area (Å²) in [5, 5.41) is 2.22. The molecule has 0 atom stereocenters. The Hall–Kier alpha value is -2.15. The molecule has 1 amide bonds. The SMILES string of the molecule is CC(C)c1csc(C2(c3nc4c(c(=O)[nH]3)CN(C(=O)OC(C)(C)C)CCC4)CC2)c1. The molecule has 2 aromatic heterocycles. The standard InChI is InChI=1S/C23H31N3O3S/c1-14(2)15-11-18(30-13-15)23(8-9-23)20-24-17-7-6-10-26(12-16(17)19(27)25-20)21(28)29-22(3,4)5/h11,13-14H,6-10,12H2,1-5H3,(H,24,25,27). The molecule has 0 bridgehead atoms. The number of carbonyl (C=O) groups excluding carboxylic acids is 1. The zero-order valence-corrected chi connectivity index (χ0v) is 19.3. The van der Waals surface area contributed by atoms with Crippen molar-refractivity contribution in [2.75, 3.05) is 6.54 Å². The van der Waals surface area contributed by atoms with Gasteiger partial charge in [0.25, 0.3) is 5.56 Å². The molecular formula is C23H31N3O3S. The van der Waals surface area contributed by atoms with Crippen LogP contribution in [-0.2, 0) is 23.1 Å². The lowest BCUT2D eigenvalue weighted by Crippen LogP contribution is -2.37. The van der Waals surface area contributed by atoms with Gasteiger partial charge in [-0.15, -0.1) is 11.3 Å². The first-order valence-corrected chi connectivity index (χ1v) is 11.7. The second kappa shape index (κ2) is 7.52. The predicted molar refractivity (Wildman–Crippen MR) is 118 cm³/mol. The van der Waals surface area contributed by atoms with Crippen LogP contribution in [-0.4, -0.2) is 33.1 Å². The molecule has 4 rings (SSSR count). The number of ether oxygens (including phenoxy) is 1. The largest absolute Gasteiger partial charge is 0.444 e. The van der Waals surface area contributed by atoms with E-state index in [1.807, 2.05) is 20.8 Å². The van der Waals surface area contributed by atoms with Gasteiger partial charge in [-0.2, -0.15) is 0 Å². The van der Waals surface area contributed by atoms with Gasteiger partial charge < -0.3 is 14.6 Å². The molecule has 0 saturated heterocycles. The highest BCUT2D eigenvalue weighted by atomic mass is 32.1. The molecule has 0 aromatic carbocycles. The van der Waals surface area contributed by atoms with Crippen LogP contribution < -0.4 is 5.56 Å². The number of nitrogens with one attached hydrogen (secondary N) is 1. The van der Waals surface area contributed by atoms with E-state index < -0.39 is 5.60 Å². The maximum atomic E-state index is 13.0. The molecule has 1 fully saturated rings. The molecule has 6 nitrogen and oxygen atoms in total. The Balaban J connectivity index is 1.63. The fourth-order valence-electron chi connectivity index (χ4n) is 3.96. The van der Waals surface area contributed by atoms with E-state index in [9.17, 15) is 9.59 Å². The summed E-state index contributed by atoms with van der Waals surface area (Å²) in [6.07, 6.45) is 3.11. The lowest BCUT2D eigenvalue weighted by atomic mass is 9.99. The normalized spacial score (nSPS) is 18.1. The highest BCUT2D eigenvalue weighted by Crippen LogP contribution is 2.54. The van der Waals surface area contributed by atoms with Crippen LogP contribution in [0.1, 0.15) is 87.3 Å². The predicted octanol–water partition coefficient (Wildman–Crippen LogP) is 4.72. The number of amides is 1. The van der Waals surface area contributed by atoms with Crippen molar-refractivity contribution in [3.05, 3.63) is 49.3 Å². The maximum Gasteiger partial charge on any atom is 0.410 e. The summed E-state index contributed by atoms with van der Waals surface area (Å²) in [7, 11) is 0. The molecule has 30 heavy (non-hydrogen) atoms. The van der Waals surface area contributed by atoms with E-state index >= 15 is 0 Å². The monoisotopic (exact) mass is 429 g/mol. The zero-order chi connectivity index (χ0) is 21.7. The minimum absolute atomic E-state index is 0.127. The Morgan fingerprint density at radius 3 is 2.67 bits per heavy atom. The van der Waals surface area contributed by atoms with Crippen LogP contribution in [0.3, 0.4) is 0 Å². The molecule has 7 heteroatoms. The summed E-state index contributed by atoms with van der Waals surface area (Å²) in [5.41, 5.74) is 1.92. The molecule has 0 spiro atoms. The number of nitrogens with zero attached hydrogens (tertiary/aromatic N) is 2. The van der Waals surface area contributed by atoms with Crippen molar-refractivity contribution in [2.24, 2.45) is 0 Å². The summed E-state index contributed by atoms with van der Waals surface area (Å²) in [6, 6.07) is 2.28. The number of thiophene rings is 1. The summed E-state index contributed by atoms with van der Waals surface area (Å²) in [4.78, 5) is 36.5. The Labute approximate surface area is 181 Å². The van der Waals surface area contributed by atoms with Crippen molar-refractivity contribution < 1.29 is 9.53 Å². The number of H-pyrrole nitrogens is 1. The Kier molecular flexibility index (Phi) is 5.29. The van der Waals surface area contributed by atoms with Crippen molar-refractivity contribution in [3.8, 4) is 0 Å². The zero-order valence-electron chi connectivity index (χ0n) is 18.5. The lowest BCUT2D eigenvalue weighted by molar-refractivity contribution is 0.0236.